The van der Waals surface area contributed by atoms with Gasteiger partial charge in [0.05, 0.1) is 13.2 Å². The first kappa shape index (κ1) is 14.3. The molecule has 100 valence electrons. The van der Waals surface area contributed by atoms with Crippen LogP contribution >= 0.6 is 22.6 Å². The van der Waals surface area contributed by atoms with Gasteiger partial charge in [-0.3, -0.25) is 0 Å². The number of rotatable bonds is 4. The number of nitrogens with one attached hydrogen (secondary N) is 1. The summed E-state index contributed by atoms with van der Waals surface area (Å²) in [6.45, 7) is 0. The molecule has 2 nitrogen and oxygen atoms in total. The van der Waals surface area contributed by atoms with Crippen LogP contribution in [-0.4, -0.2) is 14.2 Å². The zero-order valence-corrected chi connectivity index (χ0v) is 12.9. The van der Waals surface area contributed by atoms with Crippen LogP contribution in [0, 0.1) is 9.39 Å². The summed E-state index contributed by atoms with van der Waals surface area (Å²) in [6, 6.07) is 12.8. The van der Waals surface area contributed by atoms with E-state index in [1.165, 1.54) is 6.07 Å². The Kier molecular flexibility index (Phi) is 4.76. The Hall–Kier alpha value is -1.14. The number of ether oxygens (including phenoxy) is 1. The highest BCUT2D eigenvalue weighted by atomic mass is 127. The van der Waals surface area contributed by atoms with Crippen molar-refractivity contribution in [3.8, 4) is 5.75 Å². The summed E-state index contributed by atoms with van der Waals surface area (Å²) in [5, 5.41) is 3.26. The van der Waals surface area contributed by atoms with E-state index in [0.717, 1.165) is 20.4 Å². The van der Waals surface area contributed by atoms with E-state index in [-0.39, 0.29) is 11.9 Å². The number of halogens is 2. The lowest BCUT2D eigenvalue weighted by Crippen LogP contribution is -2.18. The molecule has 0 aliphatic heterocycles. The van der Waals surface area contributed by atoms with E-state index >= 15 is 0 Å². The van der Waals surface area contributed by atoms with Gasteiger partial charge in [0, 0.05) is 3.57 Å². The zero-order valence-electron chi connectivity index (χ0n) is 10.8. The largest absolute Gasteiger partial charge is 0.497 e. The summed E-state index contributed by atoms with van der Waals surface area (Å²) in [4.78, 5) is 0. The minimum Gasteiger partial charge on any atom is -0.497 e. The third-order valence-electron chi connectivity index (χ3n) is 3.01. The highest BCUT2D eigenvalue weighted by Gasteiger charge is 2.15. The van der Waals surface area contributed by atoms with Crippen LogP contribution in [0.3, 0.4) is 0 Å². The SMILES string of the molecule is CNC(c1ccc(OC)cc1)c1ccc(F)cc1I. The lowest BCUT2D eigenvalue weighted by molar-refractivity contribution is 0.414. The maximum atomic E-state index is 13.2. The summed E-state index contributed by atoms with van der Waals surface area (Å²) in [5.41, 5.74) is 2.18. The molecule has 0 aliphatic rings. The molecule has 0 spiro atoms. The van der Waals surface area contributed by atoms with Crippen molar-refractivity contribution in [2.45, 2.75) is 6.04 Å². The highest BCUT2D eigenvalue weighted by Crippen LogP contribution is 2.27. The van der Waals surface area contributed by atoms with Gasteiger partial charge in [0.25, 0.3) is 0 Å². The summed E-state index contributed by atoms with van der Waals surface area (Å²) in [7, 11) is 3.54. The van der Waals surface area contributed by atoms with Crippen molar-refractivity contribution in [3.05, 3.63) is 63.0 Å². The van der Waals surface area contributed by atoms with E-state index < -0.39 is 0 Å². The minimum atomic E-state index is -0.210. The molecule has 0 aromatic heterocycles. The monoisotopic (exact) mass is 371 g/mol. The standard InChI is InChI=1S/C15H15FINO/c1-18-15(10-3-6-12(19-2)7-4-10)13-8-5-11(16)9-14(13)17/h3-9,15,18H,1-2H3. The van der Waals surface area contributed by atoms with E-state index in [1.54, 1.807) is 13.2 Å². The van der Waals surface area contributed by atoms with Crippen molar-refractivity contribution < 1.29 is 9.13 Å². The van der Waals surface area contributed by atoms with Crippen LogP contribution in [0.15, 0.2) is 42.5 Å². The van der Waals surface area contributed by atoms with E-state index in [2.05, 4.69) is 27.9 Å². The molecule has 4 heteroatoms. The lowest BCUT2D eigenvalue weighted by atomic mass is 9.99. The maximum Gasteiger partial charge on any atom is 0.124 e. The first-order valence-electron chi connectivity index (χ1n) is 5.92. The predicted molar refractivity (Wildman–Crippen MR) is 83.0 cm³/mol. The second-order valence-electron chi connectivity index (χ2n) is 4.16. The molecule has 0 amide bonds. The van der Waals surface area contributed by atoms with Gasteiger partial charge in [-0.1, -0.05) is 18.2 Å². The van der Waals surface area contributed by atoms with Crippen LogP contribution in [0.4, 0.5) is 4.39 Å². The Morgan fingerprint density at radius 3 is 2.37 bits per heavy atom. The van der Waals surface area contributed by atoms with Crippen molar-refractivity contribution >= 4 is 22.6 Å². The van der Waals surface area contributed by atoms with Gasteiger partial charge >= 0.3 is 0 Å². The molecule has 1 atom stereocenters. The molecule has 0 bridgehead atoms. The van der Waals surface area contributed by atoms with Crippen LogP contribution in [0.1, 0.15) is 17.2 Å². The molecular weight excluding hydrogens is 356 g/mol. The van der Waals surface area contributed by atoms with E-state index in [0.29, 0.717) is 0 Å². The van der Waals surface area contributed by atoms with Crippen LogP contribution in [0.2, 0.25) is 0 Å². The first-order valence-corrected chi connectivity index (χ1v) is 6.99. The minimum absolute atomic E-state index is 0.0402. The average molecular weight is 371 g/mol. The van der Waals surface area contributed by atoms with E-state index in [4.69, 9.17) is 4.74 Å². The van der Waals surface area contributed by atoms with Gasteiger partial charge in [0.15, 0.2) is 0 Å². The van der Waals surface area contributed by atoms with Gasteiger partial charge in [-0.25, -0.2) is 4.39 Å². The Balaban J connectivity index is 2.37. The summed E-state index contributed by atoms with van der Waals surface area (Å²) in [6.07, 6.45) is 0. The van der Waals surface area contributed by atoms with Crippen molar-refractivity contribution in [1.29, 1.82) is 0 Å². The molecule has 0 saturated carbocycles. The molecule has 0 fully saturated rings. The third kappa shape index (κ3) is 3.25. The smallest absolute Gasteiger partial charge is 0.124 e. The quantitative estimate of drug-likeness (QED) is 0.827. The molecule has 1 N–H and O–H groups in total. The molecule has 2 aromatic rings. The molecule has 1 unspecified atom stereocenters. The van der Waals surface area contributed by atoms with Crippen LogP contribution in [0.25, 0.3) is 0 Å². The first-order chi connectivity index (χ1) is 9.15. The van der Waals surface area contributed by atoms with Crippen molar-refractivity contribution in [1.82, 2.24) is 5.32 Å². The molecule has 0 heterocycles. The van der Waals surface area contributed by atoms with Gasteiger partial charge in [0.2, 0.25) is 0 Å². The molecule has 0 aliphatic carbocycles. The van der Waals surface area contributed by atoms with Gasteiger partial charge < -0.3 is 10.1 Å². The maximum absolute atomic E-state index is 13.2. The fourth-order valence-corrected chi connectivity index (χ4v) is 2.82. The zero-order chi connectivity index (χ0) is 13.8. The second kappa shape index (κ2) is 6.34. The van der Waals surface area contributed by atoms with Crippen LogP contribution in [-0.2, 0) is 0 Å². The fourth-order valence-electron chi connectivity index (χ4n) is 2.03. The number of hydrogen-bond donors (Lipinski definition) is 1. The van der Waals surface area contributed by atoms with Crippen molar-refractivity contribution in [3.63, 3.8) is 0 Å². The number of methoxy groups -OCH3 is 1. The Morgan fingerprint density at radius 2 is 1.84 bits per heavy atom. The Bertz CT molecular complexity index is 557. The molecule has 0 radical (unpaired) electrons. The second-order valence-corrected chi connectivity index (χ2v) is 5.32. The van der Waals surface area contributed by atoms with Crippen LogP contribution < -0.4 is 10.1 Å². The average Bonchev–Trinajstić information content (AvgIpc) is 2.42. The fraction of sp³-hybridized carbons (Fsp3) is 0.200. The Morgan fingerprint density at radius 1 is 1.16 bits per heavy atom. The normalized spacial score (nSPS) is 12.2. The predicted octanol–water partition coefficient (Wildman–Crippen LogP) is 3.75. The van der Waals surface area contributed by atoms with Crippen molar-refractivity contribution in [2.75, 3.05) is 14.2 Å². The number of benzene rings is 2. The topological polar surface area (TPSA) is 21.3 Å². The Labute approximate surface area is 126 Å². The lowest BCUT2D eigenvalue weighted by Gasteiger charge is -2.19. The highest BCUT2D eigenvalue weighted by molar-refractivity contribution is 14.1. The van der Waals surface area contributed by atoms with Gasteiger partial charge in [0.1, 0.15) is 11.6 Å². The van der Waals surface area contributed by atoms with Gasteiger partial charge in [-0.15, -0.1) is 0 Å². The molecule has 2 rings (SSSR count). The third-order valence-corrected chi connectivity index (χ3v) is 3.95. The van der Waals surface area contributed by atoms with E-state index in [1.807, 2.05) is 37.4 Å². The van der Waals surface area contributed by atoms with Crippen LogP contribution in [0.5, 0.6) is 5.75 Å². The summed E-state index contributed by atoms with van der Waals surface area (Å²) >= 11 is 2.16. The summed E-state index contributed by atoms with van der Waals surface area (Å²) < 4.78 is 19.2. The molecule has 19 heavy (non-hydrogen) atoms. The van der Waals surface area contributed by atoms with E-state index in [9.17, 15) is 4.39 Å². The molecule has 2 aromatic carbocycles. The molecular formula is C15H15FINO. The molecule has 0 saturated heterocycles. The van der Waals surface area contributed by atoms with Crippen molar-refractivity contribution in [2.24, 2.45) is 0 Å². The van der Waals surface area contributed by atoms with Gasteiger partial charge in [-0.2, -0.15) is 0 Å². The van der Waals surface area contributed by atoms with Gasteiger partial charge in [-0.05, 0) is 65.0 Å². The summed E-state index contributed by atoms with van der Waals surface area (Å²) in [5.74, 6) is 0.616. The number of hydrogen-bond acceptors (Lipinski definition) is 2.